The molecule has 0 aromatic carbocycles. The molecular formula is C11H25OSi. The van der Waals surface area contributed by atoms with Crippen LogP contribution in [-0.4, -0.2) is 13.9 Å². The fraction of sp³-hybridized carbons (Fsp3) is 0.909. The average molecular weight is 201 g/mol. The van der Waals surface area contributed by atoms with Crippen molar-refractivity contribution >= 4 is 8.32 Å². The van der Waals surface area contributed by atoms with E-state index in [1.165, 1.54) is 0 Å². The van der Waals surface area contributed by atoms with Gasteiger partial charge in [-0.1, -0.05) is 27.2 Å². The Morgan fingerprint density at radius 1 is 1.15 bits per heavy atom. The normalized spacial score (nSPS) is 13.4. The van der Waals surface area contributed by atoms with E-state index in [-0.39, 0.29) is 5.60 Å². The van der Waals surface area contributed by atoms with Crippen LogP contribution >= 0.6 is 0 Å². The minimum atomic E-state index is -1.40. The van der Waals surface area contributed by atoms with E-state index in [4.69, 9.17) is 4.43 Å². The maximum atomic E-state index is 6.26. The van der Waals surface area contributed by atoms with Crippen molar-refractivity contribution in [2.75, 3.05) is 0 Å². The van der Waals surface area contributed by atoms with Gasteiger partial charge in [0.2, 0.25) is 0 Å². The van der Waals surface area contributed by atoms with Gasteiger partial charge in [-0.05, 0) is 38.9 Å². The molecule has 0 saturated heterocycles. The first-order valence-corrected chi connectivity index (χ1v) is 8.79. The molecule has 0 aromatic heterocycles. The van der Waals surface area contributed by atoms with Gasteiger partial charge < -0.3 is 4.43 Å². The maximum Gasteiger partial charge on any atom is 0.184 e. The Morgan fingerprint density at radius 2 is 1.62 bits per heavy atom. The largest absolute Gasteiger partial charge is 0.412 e. The van der Waals surface area contributed by atoms with Crippen LogP contribution < -0.4 is 0 Å². The van der Waals surface area contributed by atoms with Crippen LogP contribution in [0.2, 0.25) is 19.6 Å². The van der Waals surface area contributed by atoms with Crippen LogP contribution in [0, 0.1) is 6.92 Å². The molecule has 0 bridgehead atoms. The van der Waals surface area contributed by atoms with Crippen molar-refractivity contribution in [3.05, 3.63) is 6.92 Å². The van der Waals surface area contributed by atoms with Crippen LogP contribution in [0.5, 0.6) is 0 Å². The first-order valence-electron chi connectivity index (χ1n) is 5.38. The van der Waals surface area contributed by atoms with Gasteiger partial charge in [-0.3, -0.25) is 0 Å². The number of hydrogen-bond acceptors (Lipinski definition) is 1. The van der Waals surface area contributed by atoms with Crippen molar-refractivity contribution in [1.29, 1.82) is 0 Å². The summed E-state index contributed by atoms with van der Waals surface area (Å²) in [5.41, 5.74) is 0.117. The van der Waals surface area contributed by atoms with Crippen LogP contribution in [0.1, 0.15) is 39.5 Å². The van der Waals surface area contributed by atoms with Gasteiger partial charge in [-0.15, -0.1) is 0 Å². The molecule has 0 heterocycles. The summed E-state index contributed by atoms with van der Waals surface area (Å²) in [5, 5.41) is 0. The van der Waals surface area contributed by atoms with Gasteiger partial charge in [0, 0.05) is 0 Å². The van der Waals surface area contributed by atoms with Crippen molar-refractivity contribution in [2.24, 2.45) is 0 Å². The second-order valence-electron chi connectivity index (χ2n) is 4.71. The van der Waals surface area contributed by atoms with Crippen molar-refractivity contribution in [2.45, 2.75) is 64.8 Å². The van der Waals surface area contributed by atoms with E-state index >= 15 is 0 Å². The van der Waals surface area contributed by atoms with Gasteiger partial charge in [0.1, 0.15) is 0 Å². The molecule has 0 amide bonds. The van der Waals surface area contributed by atoms with Crippen molar-refractivity contribution in [3.8, 4) is 0 Å². The highest BCUT2D eigenvalue weighted by Crippen LogP contribution is 2.29. The van der Waals surface area contributed by atoms with Crippen LogP contribution in [-0.2, 0) is 4.43 Å². The SMILES string of the molecule is [CH2]CCC(CC)(CC)O[Si](C)(C)C. The van der Waals surface area contributed by atoms with Crippen LogP contribution in [0.25, 0.3) is 0 Å². The van der Waals surface area contributed by atoms with Crippen molar-refractivity contribution in [3.63, 3.8) is 0 Å². The highest BCUT2D eigenvalue weighted by Gasteiger charge is 2.31. The van der Waals surface area contributed by atoms with Crippen molar-refractivity contribution < 1.29 is 4.43 Å². The van der Waals surface area contributed by atoms with Crippen molar-refractivity contribution in [1.82, 2.24) is 0 Å². The predicted octanol–water partition coefficient (Wildman–Crippen LogP) is 4.01. The Bertz CT molecular complexity index is 134. The summed E-state index contributed by atoms with van der Waals surface area (Å²) in [5.74, 6) is 0. The minimum absolute atomic E-state index is 0.117. The Labute approximate surface area is 85.0 Å². The lowest BCUT2D eigenvalue weighted by Crippen LogP contribution is -2.41. The molecule has 0 aliphatic rings. The second-order valence-corrected chi connectivity index (χ2v) is 9.14. The Kier molecular flexibility index (Phi) is 5.23. The maximum absolute atomic E-state index is 6.26. The first-order chi connectivity index (χ1) is 5.89. The predicted molar refractivity (Wildman–Crippen MR) is 62.3 cm³/mol. The quantitative estimate of drug-likeness (QED) is 0.590. The molecule has 79 valence electrons. The summed E-state index contributed by atoms with van der Waals surface area (Å²) < 4.78 is 6.26. The highest BCUT2D eigenvalue weighted by molar-refractivity contribution is 6.69. The van der Waals surface area contributed by atoms with Gasteiger partial charge in [-0.2, -0.15) is 0 Å². The van der Waals surface area contributed by atoms with E-state index in [0.29, 0.717) is 0 Å². The molecule has 0 spiro atoms. The molecule has 0 saturated carbocycles. The van der Waals surface area contributed by atoms with E-state index < -0.39 is 8.32 Å². The third kappa shape index (κ3) is 4.82. The molecule has 0 unspecified atom stereocenters. The van der Waals surface area contributed by atoms with Gasteiger partial charge in [-0.25, -0.2) is 0 Å². The second kappa shape index (κ2) is 5.16. The molecule has 0 fully saturated rings. The Balaban J connectivity index is 4.38. The van der Waals surface area contributed by atoms with Crippen LogP contribution in [0.4, 0.5) is 0 Å². The monoisotopic (exact) mass is 201 g/mol. The zero-order valence-corrected chi connectivity index (χ0v) is 10.9. The molecule has 13 heavy (non-hydrogen) atoms. The standard InChI is InChI=1S/C11H25OSi/c1-7-10-11(8-2,9-3)12-13(4,5)6/h1,7-10H2,2-6H3. The zero-order valence-electron chi connectivity index (χ0n) is 9.94. The van der Waals surface area contributed by atoms with Crippen LogP contribution in [0.15, 0.2) is 0 Å². The van der Waals surface area contributed by atoms with E-state index in [1.54, 1.807) is 0 Å². The smallest absolute Gasteiger partial charge is 0.184 e. The summed E-state index contributed by atoms with van der Waals surface area (Å²) in [6.07, 6.45) is 4.31. The van der Waals surface area contributed by atoms with E-state index in [2.05, 4.69) is 40.4 Å². The summed E-state index contributed by atoms with van der Waals surface area (Å²) in [7, 11) is -1.40. The first kappa shape index (κ1) is 13.2. The molecular weight excluding hydrogens is 176 g/mol. The minimum Gasteiger partial charge on any atom is -0.412 e. The fourth-order valence-corrected chi connectivity index (χ4v) is 3.46. The van der Waals surface area contributed by atoms with Gasteiger partial charge >= 0.3 is 0 Å². The molecule has 0 rings (SSSR count). The molecule has 2 heteroatoms. The number of rotatable bonds is 6. The molecule has 0 aliphatic carbocycles. The summed E-state index contributed by atoms with van der Waals surface area (Å²) in [6, 6.07) is 0. The molecule has 0 aromatic rings. The topological polar surface area (TPSA) is 9.23 Å². The zero-order chi connectivity index (χ0) is 10.5. The van der Waals surface area contributed by atoms with E-state index in [0.717, 1.165) is 25.7 Å². The Morgan fingerprint density at radius 3 is 1.85 bits per heavy atom. The highest BCUT2D eigenvalue weighted by atomic mass is 28.4. The van der Waals surface area contributed by atoms with Gasteiger partial charge in [0.15, 0.2) is 8.32 Å². The summed E-state index contributed by atoms with van der Waals surface area (Å²) >= 11 is 0. The molecule has 1 radical (unpaired) electrons. The van der Waals surface area contributed by atoms with Crippen LogP contribution in [0.3, 0.4) is 0 Å². The number of hydrogen-bond donors (Lipinski definition) is 0. The fourth-order valence-electron chi connectivity index (χ4n) is 1.77. The lowest BCUT2D eigenvalue weighted by atomic mass is 9.92. The lowest BCUT2D eigenvalue weighted by Gasteiger charge is -2.38. The lowest BCUT2D eigenvalue weighted by molar-refractivity contribution is 0.0439. The molecule has 0 N–H and O–H groups in total. The van der Waals surface area contributed by atoms with E-state index in [9.17, 15) is 0 Å². The molecule has 0 atom stereocenters. The average Bonchev–Trinajstić information content (AvgIpc) is 2.01. The molecule has 1 nitrogen and oxygen atoms in total. The van der Waals surface area contributed by atoms with E-state index in [1.807, 2.05) is 0 Å². The molecule has 0 aliphatic heterocycles. The Hall–Kier alpha value is 0.177. The summed E-state index contributed by atoms with van der Waals surface area (Å²) in [4.78, 5) is 0. The third-order valence-corrected chi connectivity index (χ3v) is 3.49. The van der Waals surface area contributed by atoms with Gasteiger partial charge in [0.05, 0.1) is 5.60 Å². The van der Waals surface area contributed by atoms with Gasteiger partial charge in [0.25, 0.3) is 0 Å². The summed E-state index contributed by atoms with van der Waals surface area (Å²) in [6.45, 7) is 15.2. The third-order valence-electron chi connectivity index (χ3n) is 2.44.